The van der Waals surface area contributed by atoms with Gasteiger partial charge in [-0.1, -0.05) is 49.4 Å². The number of nitrogens with zero attached hydrogens (tertiary/aromatic N) is 1. The summed E-state index contributed by atoms with van der Waals surface area (Å²) < 4.78 is 0. The van der Waals surface area contributed by atoms with Gasteiger partial charge in [0.05, 0.1) is 0 Å². The highest BCUT2D eigenvalue weighted by Gasteiger charge is 2.43. The van der Waals surface area contributed by atoms with Crippen LogP contribution in [0.5, 0.6) is 0 Å². The van der Waals surface area contributed by atoms with Crippen LogP contribution in [0, 0.1) is 0 Å². The molecule has 2 aromatic carbocycles. The van der Waals surface area contributed by atoms with Crippen LogP contribution in [0.2, 0.25) is 0 Å². The lowest BCUT2D eigenvalue weighted by Gasteiger charge is -2.23. The number of amides is 1. The van der Waals surface area contributed by atoms with Crippen LogP contribution in [0.15, 0.2) is 47.5 Å². The first-order chi connectivity index (χ1) is 10.1. The van der Waals surface area contributed by atoms with Crippen molar-refractivity contribution in [1.82, 2.24) is 10.6 Å². The maximum atomic E-state index is 12.5. The number of benzene rings is 2. The zero-order valence-electron chi connectivity index (χ0n) is 12.3. The van der Waals surface area contributed by atoms with Gasteiger partial charge in [-0.15, -0.1) is 0 Å². The summed E-state index contributed by atoms with van der Waals surface area (Å²) >= 11 is 0. The average Bonchev–Trinajstić information content (AvgIpc) is 2.80. The quantitative estimate of drug-likeness (QED) is 0.908. The minimum atomic E-state index is -0.784. The molecule has 4 heteroatoms. The summed E-state index contributed by atoms with van der Waals surface area (Å²) in [6, 6.07) is 14.1. The molecule has 2 N–H and O–H groups in total. The van der Waals surface area contributed by atoms with Gasteiger partial charge in [-0.05, 0) is 29.7 Å². The van der Waals surface area contributed by atoms with Gasteiger partial charge < -0.3 is 5.32 Å². The second kappa shape index (κ2) is 5.20. The Morgan fingerprint density at radius 1 is 1.14 bits per heavy atom. The van der Waals surface area contributed by atoms with Gasteiger partial charge in [-0.3, -0.25) is 15.1 Å². The van der Waals surface area contributed by atoms with Gasteiger partial charge in [0.25, 0.3) is 5.91 Å². The number of nitrogens with one attached hydrogen (secondary N) is 2. The van der Waals surface area contributed by atoms with Gasteiger partial charge >= 0.3 is 0 Å². The molecule has 0 spiro atoms. The lowest BCUT2D eigenvalue weighted by Crippen LogP contribution is -2.40. The lowest BCUT2D eigenvalue weighted by atomic mass is 9.88. The van der Waals surface area contributed by atoms with E-state index in [1.165, 1.54) is 0 Å². The molecule has 1 fully saturated rings. The molecule has 2 aromatic rings. The Hall–Kier alpha value is -2.36. The molecule has 4 nitrogen and oxygen atoms in total. The molecule has 0 saturated carbocycles. The summed E-state index contributed by atoms with van der Waals surface area (Å²) in [5.41, 5.74) is 0.188. The molecule has 1 saturated heterocycles. The smallest absolute Gasteiger partial charge is 0.256 e. The maximum absolute atomic E-state index is 12.5. The Bertz CT molecular complexity index is 718. The molecule has 1 aliphatic heterocycles. The summed E-state index contributed by atoms with van der Waals surface area (Å²) in [6.45, 7) is 4.66. The molecule has 0 aromatic heterocycles. The van der Waals surface area contributed by atoms with Crippen molar-refractivity contribution in [3.63, 3.8) is 0 Å². The van der Waals surface area contributed by atoms with Crippen molar-refractivity contribution in [3.05, 3.63) is 48.0 Å². The molecule has 0 bridgehead atoms. The average molecular weight is 281 g/mol. The third kappa shape index (κ3) is 2.27. The van der Waals surface area contributed by atoms with E-state index in [9.17, 15) is 4.79 Å². The molecule has 1 aliphatic rings. The predicted octanol–water partition coefficient (Wildman–Crippen LogP) is 2.54. The van der Waals surface area contributed by atoms with Crippen LogP contribution in [-0.4, -0.2) is 18.4 Å². The molecule has 3 rings (SSSR count). The van der Waals surface area contributed by atoms with Crippen LogP contribution in [0.25, 0.3) is 10.8 Å². The van der Waals surface area contributed by atoms with Gasteiger partial charge in [0.15, 0.2) is 5.96 Å². The van der Waals surface area contributed by atoms with E-state index >= 15 is 0 Å². The first kappa shape index (κ1) is 13.6. The van der Waals surface area contributed by atoms with Crippen molar-refractivity contribution < 1.29 is 4.79 Å². The Labute approximate surface area is 124 Å². The first-order valence-corrected chi connectivity index (χ1v) is 7.27. The SMILES string of the molecule is CCCN=C1NC(=O)C(C)(c2cccc3ccccc23)N1. The second-order valence-corrected chi connectivity index (χ2v) is 5.46. The van der Waals surface area contributed by atoms with Crippen LogP contribution in [0.1, 0.15) is 25.8 Å². The fraction of sp³-hybridized carbons (Fsp3) is 0.294. The molecule has 108 valence electrons. The van der Waals surface area contributed by atoms with Crippen molar-refractivity contribution >= 4 is 22.6 Å². The maximum Gasteiger partial charge on any atom is 0.256 e. The molecule has 0 aliphatic carbocycles. The molecule has 1 amide bonds. The number of carbonyl (C=O) groups excluding carboxylic acids is 1. The third-order valence-corrected chi connectivity index (χ3v) is 3.88. The van der Waals surface area contributed by atoms with E-state index < -0.39 is 5.54 Å². The van der Waals surface area contributed by atoms with E-state index in [4.69, 9.17) is 0 Å². The van der Waals surface area contributed by atoms with Crippen molar-refractivity contribution in [1.29, 1.82) is 0 Å². The highest BCUT2D eigenvalue weighted by molar-refractivity contribution is 6.10. The number of hydrogen-bond donors (Lipinski definition) is 2. The number of carbonyl (C=O) groups is 1. The molecular weight excluding hydrogens is 262 g/mol. The summed E-state index contributed by atoms with van der Waals surface area (Å²) in [5, 5.41) is 8.31. The molecular formula is C17H19N3O. The first-order valence-electron chi connectivity index (χ1n) is 7.27. The van der Waals surface area contributed by atoms with Crippen molar-refractivity contribution in [3.8, 4) is 0 Å². The zero-order chi connectivity index (χ0) is 14.9. The fourth-order valence-electron chi connectivity index (χ4n) is 2.71. The summed E-state index contributed by atoms with van der Waals surface area (Å²) in [4.78, 5) is 16.8. The van der Waals surface area contributed by atoms with Gasteiger partial charge in [0, 0.05) is 6.54 Å². The normalized spacial score (nSPS) is 23.3. The largest absolute Gasteiger partial charge is 0.338 e. The number of hydrogen-bond acceptors (Lipinski definition) is 2. The highest BCUT2D eigenvalue weighted by atomic mass is 16.2. The zero-order valence-corrected chi connectivity index (χ0v) is 12.3. The monoisotopic (exact) mass is 281 g/mol. The van der Waals surface area contributed by atoms with Crippen molar-refractivity contribution in [2.45, 2.75) is 25.8 Å². The molecule has 1 atom stereocenters. The molecule has 1 heterocycles. The number of aliphatic imine (C=N–C) groups is 1. The topological polar surface area (TPSA) is 53.5 Å². The minimum absolute atomic E-state index is 0.0614. The van der Waals surface area contributed by atoms with Crippen molar-refractivity contribution in [2.75, 3.05) is 6.54 Å². The number of rotatable bonds is 3. The number of guanidine groups is 1. The Morgan fingerprint density at radius 2 is 1.90 bits per heavy atom. The minimum Gasteiger partial charge on any atom is -0.338 e. The lowest BCUT2D eigenvalue weighted by molar-refractivity contribution is -0.123. The van der Waals surface area contributed by atoms with E-state index in [2.05, 4.69) is 34.7 Å². The van der Waals surface area contributed by atoms with Crippen LogP contribution in [-0.2, 0) is 10.3 Å². The Balaban J connectivity index is 2.07. The standard InChI is InChI=1S/C17H19N3O/c1-3-11-18-16-19-15(21)17(2,20-16)14-10-6-8-12-7-4-5-9-13(12)14/h4-10H,3,11H2,1-2H3,(H2,18,19,20,21). The molecule has 21 heavy (non-hydrogen) atoms. The number of fused-ring (bicyclic) bond motifs is 1. The van der Waals surface area contributed by atoms with Gasteiger partial charge in [0.1, 0.15) is 5.54 Å². The Morgan fingerprint density at radius 3 is 2.71 bits per heavy atom. The van der Waals surface area contributed by atoms with Crippen LogP contribution in [0.4, 0.5) is 0 Å². The third-order valence-electron chi connectivity index (χ3n) is 3.88. The van der Waals surface area contributed by atoms with E-state index in [0.717, 1.165) is 22.8 Å². The van der Waals surface area contributed by atoms with Crippen LogP contribution >= 0.6 is 0 Å². The van der Waals surface area contributed by atoms with Gasteiger partial charge in [-0.25, -0.2) is 0 Å². The Kier molecular flexibility index (Phi) is 3.37. The molecule has 0 radical (unpaired) electrons. The van der Waals surface area contributed by atoms with E-state index in [0.29, 0.717) is 12.5 Å². The van der Waals surface area contributed by atoms with Crippen molar-refractivity contribution in [2.24, 2.45) is 4.99 Å². The summed E-state index contributed by atoms with van der Waals surface area (Å²) in [7, 11) is 0. The van der Waals surface area contributed by atoms with E-state index in [1.807, 2.05) is 37.3 Å². The summed E-state index contributed by atoms with van der Waals surface area (Å²) in [6.07, 6.45) is 0.950. The fourth-order valence-corrected chi connectivity index (χ4v) is 2.71. The van der Waals surface area contributed by atoms with Gasteiger partial charge in [0.2, 0.25) is 0 Å². The summed E-state index contributed by atoms with van der Waals surface area (Å²) in [5.74, 6) is 0.506. The predicted molar refractivity (Wildman–Crippen MR) is 85.2 cm³/mol. The highest BCUT2D eigenvalue weighted by Crippen LogP contribution is 2.30. The van der Waals surface area contributed by atoms with E-state index in [-0.39, 0.29) is 5.91 Å². The van der Waals surface area contributed by atoms with E-state index in [1.54, 1.807) is 0 Å². The van der Waals surface area contributed by atoms with Crippen LogP contribution in [0.3, 0.4) is 0 Å². The molecule has 1 unspecified atom stereocenters. The van der Waals surface area contributed by atoms with Gasteiger partial charge in [-0.2, -0.15) is 0 Å². The van der Waals surface area contributed by atoms with Crippen LogP contribution < -0.4 is 10.6 Å². The second-order valence-electron chi connectivity index (χ2n) is 5.46.